The van der Waals surface area contributed by atoms with E-state index in [0.29, 0.717) is 17.9 Å². The van der Waals surface area contributed by atoms with Crippen LogP contribution < -0.4 is 4.90 Å². The third-order valence-electron chi connectivity index (χ3n) is 5.48. The van der Waals surface area contributed by atoms with Gasteiger partial charge in [0.2, 0.25) is 0 Å². The summed E-state index contributed by atoms with van der Waals surface area (Å²) in [5, 5.41) is 0.738. The van der Waals surface area contributed by atoms with Crippen molar-refractivity contribution in [1.29, 1.82) is 0 Å². The number of amides is 1. The first-order valence-electron chi connectivity index (χ1n) is 9.99. The van der Waals surface area contributed by atoms with Crippen LogP contribution in [-0.2, 0) is 4.74 Å². The zero-order chi connectivity index (χ0) is 20.5. The van der Waals surface area contributed by atoms with Crippen LogP contribution in [0.2, 0.25) is 0 Å². The molecule has 0 radical (unpaired) electrons. The number of nitrogens with zero attached hydrogens (tertiary/aromatic N) is 3. The molecule has 4 rings (SSSR count). The Hall–Kier alpha value is -2.22. The molecule has 0 atom stereocenters. The van der Waals surface area contributed by atoms with Crippen LogP contribution in [0, 0.1) is 27.7 Å². The normalized spacial score (nSPS) is 15.2. The Kier molecular flexibility index (Phi) is 5.72. The number of furan rings is 1. The lowest BCUT2D eigenvalue weighted by Gasteiger charge is -2.29. The Balaban J connectivity index is 1.67. The number of carbonyl (C=O) groups is 1. The first kappa shape index (κ1) is 20.1. The fourth-order valence-corrected chi connectivity index (χ4v) is 4.69. The number of aromatic nitrogens is 1. The van der Waals surface area contributed by atoms with Gasteiger partial charge in [-0.1, -0.05) is 11.3 Å². The molecule has 154 valence electrons. The third kappa shape index (κ3) is 4.22. The Morgan fingerprint density at radius 2 is 1.86 bits per heavy atom. The van der Waals surface area contributed by atoms with Crippen molar-refractivity contribution in [3.8, 4) is 0 Å². The van der Waals surface area contributed by atoms with E-state index in [1.54, 1.807) is 11.3 Å². The predicted octanol–water partition coefficient (Wildman–Crippen LogP) is 4.10. The number of ether oxygens (including phenoxy) is 1. The number of thiazole rings is 1. The predicted molar refractivity (Wildman–Crippen MR) is 116 cm³/mol. The average molecular weight is 414 g/mol. The smallest absolute Gasteiger partial charge is 0.263 e. The van der Waals surface area contributed by atoms with Gasteiger partial charge in [0, 0.05) is 26.2 Å². The molecule has 7 heteroatoms. The summed E-state index contributed by atoms with van der Waals surface area (Å²) in [6.07, 6.45) is 0. The number of fused-ring (bicyclic) bond motifs is 1. The maximum absolute atomic E-state index is 13.5. The summed E-state index contributed by atoms with van der Waals surface area (Å²) in [5.41, 5.74) is 4.00. The van der Waals surface area contributed by atoms with E-state index in [1.807, 2.05) is 24.8 Å². The van der Waals surface area contributed by atoms with Crippen LogP contribution in [0.5, 0.6) is 0 Å². The lowest BCUT2D eigenvalue weighted by atomic mass is 10.1. The standard InChI is InChI=1S/C22H27N3O3S/c1-14-11-19-20(12-15(14)2)29-22(23-19)25(6-5-24-7-9-27-10-8-24)21(26)18-13-16(3)28-17(18)4/h11-13H,5-10H2,1-4H3. The molecular weight excluding hydrogens is 386 g/mol. The Morgan fingerprint density at radius 3 is 2.55 bits per heavy atom. The first-order valence-corrected chi connectivity index (χ1v) is 10.8. The number of hydrogen-bond donors (Lipinski definition) is 0. The second-order valence-electron chi connectivity index (χ2n) is 7.64. The molecule has 1 aliphatic heterocycles. The molecule has 3 heterocycles. The fourth-order valence-electron chi connectivity index (χ4n) is 3.62. The molecule has 0 saturated carbocycles. The van der Waals surface area contributed by atoms with Gasteiger partial charge in [-0.15, -0.1) is 0 Å². The third-order valence-corrected chi connectivity index (χ3v) is 6.52. The molecule has 1 fully saturated rings. The van der Waals surface area contributed by atoms with Crippen molar-refractivity contribution in [2.45, 2.75) is 27.7 Å². The first-order chi connectivity index (χ1) is 13.9. The molecular formula is C22H27N3O3S. The van der Waals surface area contributed by atoms with E-state index in [-0.39, 0.29) is 5.91 Å². The van der Waals surface area contributed by atoms with Gasteiger partial charge in [0.25, 0.3) is 5.91 Å². The van der Waals surface area contributed by atoms with Crippen LogP contribution in [0.1, 0.15) is 33.0 Å². The Morgan fingerprint density at radius 1 is 1.14 bits per heavy atom. The number of hydrogen-bond acceptors (Lipinski definition) is 6. The molecule has 1 amide bonds. The number of morpholine rings is 1. The van der Waals surface area contributed by atoms with Crippen LogP contribution in [0.3, 0.4) is 0 Å². The molecule has 1 saturated heterocycles. The molecule has 1 aromatic carbocycles. The SMILES string of the molecule is Cc1cc(C(=O)N(CCN2CCOCC2)c2nc3cc(C)c(C)cc3s2)c(C)o1. The second kappa shape index (κ2) is 8.26. The minimum absolute atomic E-state index is 0.0555. The van der Waals surface area contributed by atoms with Gasteiger partial charge in [-0.3, -0.25) is 14.6 Å². The van der Waals surface area contributed by atoms with Gasteiger partial charge < -0.3 is 9.15 Å². The van der Waals surface area contributed by atoms with Crippen molar-refractivity contribution in [2.24, 2.45) is 0 Å². The summed E-state index contributed by atoms with van der Waals surface area (Å²) in [6.45, 7) is 12.5. The van der Waals surface area contributed by atoms with Gasteiger partial charge in [-0.05, 0) is 57.0 Å². The van der Waals surface area contributed by atoms with Gasteiger partial charge in [-0.2, -0.15) is 0 Å². The number of aryl methyl sites for hydroxylation is 4. The molecule has 3 aromatic rings. The van der Waals surface area contributed by atoms with Crippen molar-refractivity contribution in [3.05, 3.63) is 46.4 Å². The lowest BCUT2D eigenvalue weighted by Crippen LogP contribution is -2.43. The number of carbonyl (C=O) groups excluding carboxylic acids is 1. The van der Waals surface area contributed by atoms with Crippen molar-refractivity contribution in [1.82, 2.24) is 9.88 Å². The van der Waals surface area contributed by atoms with E-state index >= 15 is 0 Å². The van der Waals surface area contributed by atoms with Gasteiger partial charge in [0.1, 0.15) is 11.5 Å². The molecule has 29 heavy (non-hydrogen) atoms. The van der Waals surface area contributed by atoms with E-state index in [4.69, 9.17) is 14.1 Å². The summed E-state index contributed by atoms with van der Waals surface area (Å²) in [5.74, 6) is 1.34. The van der Waals surface area contributed by atoms with E-state index in [1.165, 1.54) is 11.1 Å². The highest BCUT2D eigenvalue weighted by atomic mass is 32.1. The molecule has 0 spiro atoms. The van der Waals surface area contributed by atoms with Gasteiger partial charge in [-0.25, -0.2) is 4.98 Å². The van der Waals surface area contributed by atoms with Gasteiger partial charge in [0.05, 0.1) is 29.0 Å². The number of rotatable bonds is 5. The van der Waals surface area contributed by atoms with Crippen molar-refractivity contribution in [2.75, 3.05) is 44.3 Å². The van der Waals surface area contributed by atoms with Gasteiger partial charge >= 0.3 is 0 Å². The molecule has 0 unspecified atom stereocenters. The monoisotopic (exact) mass is 413 g/mol. The van der Waals surface area contributed by atoms with Crippen molar-refractivity contribution in [3.63, 3.8) is 0 Å². The summed E-state index contributed by atoms with van der Waals surface area (Å²) in [4.78, 5) is 22.4. The average Bonchev–Trinajstić information content (AvgIpc) is 3.25. The Labute approximate surface area is 175 Å². The summed E-state index contributed by atoms with van der Waals surface area (Å²) in [7, 11) is 0. The van der Waals surface area contributed by atoms with Crippen LogP contribution in [0.15, 0.2) is 22.6 Å². The zero-order valence-electron chi connectivity index (χ0n) is 17.4. The molecule has 1 aliphatic rings. The van der Waals surface area contributed by atoms with Crippen LogP contribution in [0.25, 0.3) is 10.2 Å². The van der Waals surface area contributed by atoms with E-state index in [9.17, 15) is 4.79 Å². The number of anilines is 1. The minimum Gasteiger partial charge on any atom is -0.466 e. The van der Waals surface area contributed by atoms with Gasteiger partial charge in [0.15, 0.2) is 5.13 Å². The molecule has 2 aromatic heterocycles. The molecule has 6 nitrogen and oxygen atoms in total. The van der Waals surface area contributed by atoms with E-state index < -0.39 is 0 Å². The summed E-state index contributed by atoms with van der Waals surface area (Å²) >= 11 is 1.57. The largest absolute Gasteiger partial charge is 0.466 e. The molecule has 0 N–H and O–H groups in total. The van der Waals surface area contributed by atoms with Crippen molar-refractivity contribution < 1.29 is 13.9 Å². The van der Waals surface area contributed by atoms with E-state index in [0.717, 1.165) is 54.0 Å². The molecule has 0 aliphatic carbocycles. The lowest BCUT2D eigenvalue weighted by molar-refractivity contribution is 0.0391. The summed E-state index contributed by atoms with van der Waals surface area (Å²) in [6, 6.07) is 6.08. The van der Waals surface area contributed by atoms with Crippen molar-refractivity contribution >= 4 is 32.6 Å². The minimum atomic E-state index is -0.0555. The Bertz CT molecular complexity index is 995. The topological polar surface area (TPSA) is 58.8 Å². The maximum Gasteiger partial charge on any atom is 0.263 e. The maximum atomic E-state index is 13.5. The van der Waals surface area contributed by atoms with E-state index in [2.05, 4.69) is 30.9 Å². The summed E-state index contributed by atoms with van der Waals surface area (Å²) < 4.78 is 12.2. The quantitative estimate of drug-likeness (QED) is 0.630. The zero-order valence-corrected chi connectivity index (χ0v) is 18.3. The highest BCUT2D eigenvalue weighted by Crippen LogP contribution is 2.32. The number of benzene rings is 1. The van der Waals surface area contributed by atoms with Crippen LogP contribution in [-0.4, -0.2) is 55.2 Å². The highest BCUT2D eigenvalue weighted by molar-refractivity contribution is 7.22. The molecule has 0 bridgehead atoms. The van der Waals surface area contributed by atoms with Crippen LogP contribution in [0.4, 0.5) is 5.13 Å². The fraction of sp³-hybridized carbons (Fsp3) is 0.455. The second-order valence-corrected chi connectivity index (χ2v) is 8.65. The highest BCUT2D eigenvalue weighted by Gasteiger charge is 2.25. The van der Waals surface area contributed by atoms with Crippen LogP contribution >= 0.6 is 11.3 Å².